The summed E-state index contributed by atoms with van der Waals surface area (Å²) in [6, 6.07) is 8.68. The van der Waals surface area contributed by atoms with E-state index in [9.17, 15) is 15.0 Å². The molecule has 0 atom stereocenters. The molecule has 4 aliphatic rings. The predicted octanol–water partition coefficient (Wildman–Crippen LogP) is 4.56. The van der Waals surface area contributed by atoms with Crippen LogP contribution >= 0.6 is 0 Å². The fraction of sp³-hybridized carbons (Fsp3) is 0.519. The molecule has 4 aliphatic carbocycles. The van der Waals surface area contributed by atoms with Gasteiger partial charge in [-0.3, -0.25) is 4.79 Å². The quantitative estimate of drug-likeness (QED) is 0.575. The lowest BCUT2D eigenvalue weighted by atomic mass is 9.48. The van der Waals surface area contributed by atoms with Gasteiger partial charge in [0.15, 0.2) is 0 Å². The zero-order chi connectivity index (χ0) is 23.2. The third-order valence-electron chi connectivity index (χ3n) is 8.14. The minimum atomic E-state index is -0.333. The molecule has 2 aromatic carbocycles. The molecule has 1 amide bonds. The summed E-state index contributed by atoms with van der Waals surface area (Å²) >= 11 is 0. The van der Waals surface area contributed by atoms with Crippen LogP contribution in [0, 0.1) is 17.8 Å². The summed E-state index contributed by atoms with van der Waals surface area (Å²) < 4.78 is 10.7. The van der Waals surface area contributed by atoms with Crippen LogP contribution in [0.4, 0.5) is 0 Å². The van der Waals surface area contributed by atoms with Crippen LogP contribution < -0.4 is 14.8 Å². The van der Waals surface area contributed by atoms with Crippen LogP contribution in [-0.4, -0.2) is 36.9 Å². The molecule has 4 saturated carbocycles. The number of benzene rings is 2. The minimum Gasteiger partial charge on any atom is -0.508 e. The van der Waals surface area contributed by atoms with Gasteiger partial charge >= 0.3 is 0 Å². The van der Waals surface area contributed by atoms with Crippen LogP contribution in [0.25, 0.3) is 0 Å². The van der Waals surface area contributed by atoms with E-state index in [2.05, 4.69) is 5.32 Å². The number of aromatic hydroxyl groups is 2. The lowest BCUT2D eigenvalue weighted by Gasteiger charge is -2.57. The second-order valence-corrected chi connectivity index (χ2v) is 10.3. The minimum absolute atomic E-state index is 0.0600. The average molecular weight is 452 g/mol. The highest BCUT2D eigenvalue weighted by Crippen LogP contribution is 2.62. The van der Waals surface area contributed by atoms with Crippen molar-refractivity contribution in [1.29, 1.82) is 0 Å². The van der Waals surface area contributed by atoms with Crippen molar-refractivity contribution in [2.75, 3.05) is 20.8 Å². The van der Waals surface area contributed by atoms with Crippen molar-refractivity contribution >= 4 is 5.91 Å². The van der Waals surface area contributed by atoms with Crippen LogP contribution in [0.1, 0.15) is 60.0 Å². The molecule has 2 aromatic rings. The van der Waals surface area contributed by atoms with Crippen molar-refractivity contribution in [3.8, 4) is 23.0 Å². The molecule has 4 fully saturated rings. The Morgan fingerprint density at radius 2 is 1.64 bits per heavy atom. The maximum atomic E-state index is 13.0. The number of ether oxygens (including phenoxy) is 2. The molecule has 0 aliphatic heterocycles. The molecule has 33 heavy (non-hydrogen) atoms. The van der Waals surface area contributed by atoms with E-state index in [1.165, 1.54) is 25.3 Å². The molecule has 6 nitrogen and oxygen atoms in total. The summed E-state index contributed by atoms with van der Waals surface area (Å²) in [5.41, 5.74) is 1.95. The normalized spacial score (nSPS) is 27.4. The first kappa shape index (κ1) is 21.9. The second kappa shape index (κ2) is 8.47. The van der Waals surface area contributed by atoms with E-state index in [1.54, 1.807) is 20.3 Å². The van der Waals surface area contributed by atoms with E-state index in [0.29, 0.717) is 13.0 Å². The first-order valence-corrected chi connectivity index (χ1v) is 12.0. The smallest absolute Gasteiger partial charge is 0.255 e. The van der Waals surface area contributed by atoms with E-state index in [0.717, 1.165) is 59.6 Å². The summed E-state index contributed by atoms with van der Waals surface area (Å²) in [5, 5.41) is 24.2. The molecule has 0 unspecified atom stereocenters. The lowest BCUT2D eigenvalue weighted by molar-refractivity contribution is -0.00617. The molecule has 0 aromatic heterocycles. The van der Waals surface area contributed by atoms with Crippen molar-refractivity contribution in [2.45, 2.75) is 50.4 Å². The van der Waals surface area contributed by atoms with Crippen LogP contribution in [0.3, 0.4) is 0 Å². The zero-order valence-electron chi connectivity index (χ0n) is 19.4. The van der Waals surface area contributed by atoms with Crippen LogP contribution in [-0.2, 0) is 11.8 Å². The number of rotatable bonds is 7. The standard InChI is InChI=1S/C27H33NO5/c1-32-20-3-4-25(33-2)19(10-20)5-6-28-26(31)21-11-22(24(30)12-23(21)29)27-13-16-7-17(14-27)9-18(8-16)15-27/h3-4,10-12,16-18,29-30H,5-9,13-15H2,1-2H3,(H,28,31). The van der Waals surface area contributed by atoms with Gasteiger partial charge in [0.05, 0.1) is 19.8 Å². The molecular formula is C27H33NO5. The lowest BCUT2D eigenvalue weighted by Crippen LogP contribution is -2.48. The van der Waals surface area contributed by atoms with Gasteiger partial charge in [-0.05, 0) is 97.9 Å². The highest BCUT2D eigenvalue weighted by atomic mass is 16.5. The number of hydrogen-bond acceptors (Lipinski definition) is 5. The number of phenols is 2. The topological polar surface area (TPSA) is 88.0 Å². The number of carbonyl (C=O) groups is 1. The first-order valence-electron chi connectivity index (χ1n) is 12.0. The zero-order valence-corrected chi connectivity index (χ0v) is 19.4. The molecule has 0 radical (unpaired) electrons. The van der Waals surface area contributed by atoms with Crippen molar-refractivity contribution in [2.24, 2.45) is 17.8 Å². The Balaban J connectivity index is 1.33. The van der Waals surface area contributed by atoms with Gasteiger partial charge in [-0.2, -0.15) is 0 Å². The van der Waals surface area contributed by atoms with Gasteiger partial charge in [-0.1, -0.05) is 0 Å². The maximum absolute atomic E-state index is 13.0. The number of phenolic OH excluding ortho intramolecular Hbond substituents is 2. The van der Waals surface area contributed by atoms with E-state index < -0.39 is 0 Å². The fourth-order valence-electron chi connectivity index (χ4n) is 7.11. The van der Waals surface area contributed by atoms with E-state index in [-0.39, 0.29) is 28.4 Å². The van der Waals surface area contributed by atoms with Gasteiger partial charge in [0, 0.05) is 18.2 Å². The molecule has 6 rings (SSSR count). The Hall–Kier alpha value is -2.89. The van der Waals surface area contributed by atoms with Crippen LogP contribution in [0.5, 0.6) is 23.0 Å². The van der Waals surface area contributed by atoms with Gasteiger partial charge in [-0.15, -0.1) is 0 Å². The molecule has 3 N–H and O–H groups in total. The summed E-state index contributed by atoms with van der Waals surface area (Å²) in [4.78, 5) is 13.0. The molecule has 0 spiro atoms. The Labute approximate surface area is 194 Å². The number of methoxy groups -OCH3 is 2. The summed E-state index contributed by atoms with van der Waals surface area (Å²) in [6.45, 7) is 0.384. The van der Waals surface area contributed by atoms with Gasteiger partial charge in [0.1, 0.15) is 23.0 Å². The molecule has 0 saturated heterocycles. The number of amides is 1. The van der Waals surface area contributed by atoms with E-state index >= 15 is 0 Å². The number of carbonyl (C=O) groups excluding carboxylic acids is 1. The first-order chi connectivity index (χ1) is 15.9. The van der Waals surface area contributed by atoms with Gasteiger partial charge in [0.2, 0.25) is 0 Å². The average Bonchev–Trinajstić information content (AvgIpc) is 2.77. The predicted molar refractivity (Wildman–Crippen MR) is 125 cm³/mol. The summed E-state index contributed by atoms with van der Waals surface area (Å²) in [7, 11) is 3.23. The van der Waals surface area contributed by atoms with Crippen LogP contribution in [0.2, 0.25) is 0 Å². The number of nitrogens with one attached hydrogen (secondary N) is 1. The Kier molecular flexibility index (Phi) is 5.63. The van der Waals surface area contributed by atoms with Gasteiger partial charge in [0.25, 0.3) is 5.91 Å². The monoisotopic (exact) mass is 451 g/mol. The van der Waals surface area contributed by atoms with E-state index in [1.807, 2.05) is 18.2 Å². The number of hydrogen-bond donors (Lipinski definition) is 3. The largest absolute Gasteiger partial charge is 0.508 e. The van der Waals surface area contributed by atoms with Crippen molar-refractivity contribution in [1.82, 2.24) is 5.32 Å². The third-order valence-corrected chi connectivity index (χ3v) is 8.14. The van der Waals surface area contributed by atoms with Crippen molar-refractivity contribution < 1.29 is 24.5 Å². The SMILES string of the molecule is COc1ccc(OC)c(CCNC(=O)c2cc(C34CC5CC(CC(C5)C3)C4)c(O)cc2O)c1. The Bertz CT molecular complexity index is 1030. The Morgan fingerprint density at radius 1 is 0.970 bits per heavy atom. The van der Waals surface area contributed by atoms with E-state index in [4.69, 9.17) is 9.47 Å². The van der Waals surface area contributed by atoms with Crippen LogP contribution in [0.15, 0.2) is 30.3 Å². The summed E-state index contributed by atoms with van der Waals surface area (Å²) in [5.74, 6) is 3.23. The second-order valence-electron chi connectivity index (χ2n) is 10.3. The van der Waals surface area contributed by atoms with Crippen molar-refractivity contribution in [3.63, 3.8) is 0 Å². The Morgan fingerprint density at radius 3 is 2.24 bits per heavy atom. The maximum Gasteiger partial charge on any atom is 0.255 e. The third kappa shape index (κ3) is 4.00. The molecular weight excluding hydrogens is 418 g/mol. The molecule has 4 bridgehead atoms. The van der Waals surface area contributed by atoms with Gasteiger partial charge in [-0.25, -0.2) is 0 Å². The highest BCUT2D eigenvalue weighted by molar-refractivity contribution is 5.97. The molecule has 176 valence electrons. The van der Waals surface area contributed by atoms with Crippen molar-refractivity contribution in [3.05, 3.63) is 47.0 Å². The summed E-state index contributed by atoms with van der Waals surface area (Å²) in [6.07, 6.45) is 7.71. The molecule has 6 heteroatoms. The fourth-order valence-corrected chi connectivity index (χ4v) is 7.11. The highest BCUT2D eigenvalue weighted by Gasteiger charge is 2.52. The van der Waals surface area contributed by atoms with Gasteiger partial charge < -0.3 is 25.0 Å². The molecule has 0 heterocycles.